The summed E-state index contributed by atoms with van der Waals surface area (Å²) in [7, 11) is 0. The Bertz CT molecular complexity index is 3560. The first kappa shape index (κ1) is 40.9. The van der Waals surface area contributed by atoms with Crippen molar-refractivity contribution in [1.29, 1.82) is 0 Å². The first-order chi connectivity index (χ1) is 33.4. The fourth-order valence-corrected chi connectivity index (χ4v) is 10.5. The van der Waals surface area contributed by atoms with E-state index < -0.39 is 0 Å². The van der Waals surface area contributed by atoms with Gasteiger partial charge in [-0.2, -0.15) is 0 Å². The molecule has 0 atom stereocenters. The Balaban J connectivity index is 1.01. The molecule has 2 heterocycles. The highest BCUT2D eigenvalue weighted by molar-refractivity contribution is 6.08. The van der Waals surface area contributed by atoms with Crippen LogP contribution in [0.3, 0.4) is 0 Å². The zero-order chi connectivity index (χ0) is 45.9. The van der Waals surface area contributed by atoms with Crippen LogP contribution < -0.4 is 9.80 Å². The van der Waals surface area contributed by atoms with Gasteiger partial charge in [0.1, 0.15) is 22.3 Å². The molecule has 0 aliphatic heterocycles. The van der Waals surface area contributed by atoms with E-state index in [2.05, 4.69) is 232 Å². The Labute approximate surface area is 396 Å². The molecule has 4 heteroatoms. The molecule has 0 N–H and O–H groups in total. The molecule has 0 bridgehead atoms. The Hall–Kier alpha value is -8.60. The summed E-state index contributed by atoms with van der Waals surface area (Å²) >= 11 is 0. The first-order valence-corrected chi connectivity index (χ1v) is 23.3. The molecular weight excluding hydrogens is 829 g/mol. The fourth-order valence-electron chi connectivity index (χ4n) is 10.5. The molecule has 0 fully saturated rings. The quantitative estimate of drug-likeness (QED) is 0.145. The van der Waals surface area contributed by atoms with Crippen molar-refractivity contribution in [2.24, 2.45) is 0 Å². The van der Waals surface area contributed by atoms with Gasteiger partial charge in [0.2, 0.25) is 0 Å². The second-order valence-electron chi connectivity index (χ2n) is 17.9. The van der Waals surface area contributed by atoms with Gasteiger partial charge in [0.05, 0.1) is 11.4 Å². The van der Waals surface area contributed by atoms with Crippen LogP contribution in [0.15, 0.2) is 227 Å². The van der Waals surface area contributed by atoms with Crippen LogP contribution in [-0.2, 0) is 0 Å². The van der Waals surface area contributed by atoms with Crippen molar-refractivity contribution in [1.82, 2.24) is 0 Å². The summed E-state index contributed by atoms with van der Waals surface area (Å²) in [4.78, 5) is 4.83. The number of hydrogen-bond donors (Lipinski definition) is 0. The third-order valence-electron chi connectivity index (χ3n) is 13.5. The summed E-state index contributed by atoms with van der Waals surface area (Å²) < 4.78 is 12.6. The van der Waals surface area contributed by atoms with Crippen LogP contribution in [0, 0.1) is 27.7 Å². The summed E-state index contributed by atoms with van der Waals surface area (Å²) in [6, 6.07) is 78.0. The molecule has 326 valence electrons. The highest BCUT2D eigenvalue weighted by Gasteiger charge is 2.24. The van der Waals surface area contributed by atoms with E-state index in [1.54, 1.807) is 0 Å². The maximum atomic E-state index is 6.32. The third-order valence-corrected chi connectivity index (χ3v) is 13.5. The van der Waals surface area contributed by atoms with Gasteiger partial charge in [-0.1, -0.05) is 133 Å². The summed E-state index contributed by atoms with van der Waals surface area (Å²) in [5.74, 6) is 0. The molecular formula is C64H48N2O2. The number of fused-ring (bicyclic) bond motifs is 6. The zero-order valence-electron chi connectivity index (χ0n) is 38.5. The smallest absolute Gasteiger partial charge is 0.135 e. The molecule has 4 nitrogen and oxygen atoms in total. The van der Waals surface area contributed by atoms with Crippen molar-refractivity contribution in [3.63, 3.8) is 0 Å². The predicted molar refractivity (Wildman–Crippen MR) is 286 cm³/mol. The molecule has 12 aromatic rings. The highest BCUT2D eigenvalue weighted by Crippen LogP contribution is 2.48. The second kappa shape index (κ2) is 16.7. The predicted octanol–water partition coefficient (Wildman–Crippen LogP) is 18.7. The van der Waals surface area contributed by atoms with E-state index in [4.69, 9.17) is 8.83 Å². The Morgan fingerprint density at radius 1 is 0.279 bits per heavy atom. The van der Waals surface area contributed by atoms with E-state index in [0.29, 0.717) is 0 Å². The highest BCUT2D eigenvalue weighted by atomic mass is 16.3. The van der Waals surface area contributed by atoms with Gasteiger partial charge in [0.25, 0.3) is 0 Å². The fraction of sp³-hybridized carbons (Fsp3) is 0.0625. The van der Waals surface area contributed by atoms with Crippen molar-refractivity contribution in [3.8, 4) is 33.4 Å². The molecule has 0 saturated carbocycles. The molecule has 2 aromatic heterocycles. The number of hydrogen-bond acceptors (Lipinski definition) is 4. The van der Waals surface area contributed by atoms with Gasteiger partial charge < -0.3 is 18.6 Å². The molecule has 0 radical (unpaired) electrons. The maximum Gasteiger partial charge on any atom is 0.135 e. The van der Waals surface area contributed by atoms with Gasteiger partial charge >= 0.3 is 0 Å². The summed E-state index contributed by atoms with van der Waals surface area (Å²) in [6.07, 6.45) is 0. The Morgan fingerprint density at radius 3 is 1.03 bits per heavy atom. The molecule has 12 rings (SSSR count). The lowest BCUT2D eigenvalue weighted by molar-refractivity contribution is 0.668. The van der Waals surface area contributed by atoms with Gasteiger partial charge in [-0.25, -0.2) is 0 Å². The van der Waals surface area contributed by atoms with Crippen LogP contribution >= 0.6 is 0 Å². The van der Waals surface area contributed by atoms with Crippen LogP contribution in [-0.4, -0.2) is 0 Å². The van der Waals surface area contributed by atoms with Gasteiger partial charge in [-0.3, -0.25) is 0 Å². The Morgan fingerprint density at radius 2 is 0.618 bits per heavy atom. The number of benzene rings is 10. The largest absolute Gasteiger partial charge is 0.456 e. The number of aryl methyl sites for hydroxylation is 4. The number of anilines is 6. The molecule has 68 heavy (non-hydrogen) atoms. The van der Waals surface area contributed by atoms with E-state index in [0.717, 1.165) is 100 Å². The maximum absolute atomic E-state index is 6.32. The number of para-hydroxylation sites is 4. The third kappa shape index (κ3) is 7.01. The molecule has 0 unspecified atom stereocenters. The topological polar surface area (TPSA) is 32.8 Å². The van der Waals surface area contributed by atoms with Crippen LogP contribution in [0.25, 0.3) is 77.3 Å². The minimum atomic E-state index is 0.876. The Kier molecular flexibility index (Phi) is 10.0. The molecule has 0 aliphatic carbocycles. The van der Waals surface area contributed by atoms with Gasteiger partial charge in [-0.15, -0.1) is 0 Å². The van der Waals surface area contributed by atoms with Crippen molar-refractivity contribution in [2.45, 2.75) is 27.7 Å². The lowest BCUT2D eigenvalue weighted by Gasteiger charge is -2.30. The van der Waals surface area contributed by atoms with Crippen molar-refractivity contribution >= 4 is 78.0 Å². The average molecular weight is 877 g/mol. The van der Waals surface area contributed by atoms with Gasteiger partial charge in [-0.05, 0) is 157 Å². The van der Waals surface area contributed by atoms with Gasteiger partial charge in [0, 0.05) is 55.4 Å². The zero-order valence-corrected chi connectivity index (χ0v) is 38.5. The van der Waals surface area contributed by atoms with E-state index in [1.807, 2.05) is 24.3 Å². The average Bonchev–Trinajstić information content (AvgIpc) is 3.94. The SMILES string of the molecule is Cc1cc(N(c2ccc3oc4ccccc4c3c2)c2ccccc2-c2ccccc2)cc(C)c1-c1c(C)cc(N(c2ccc3oc4ccccc4c3c2)c2ccccc2-c2ccccc2)cc1C. The molecule has 0 amide bonds. The van der Waals surface area contributed by atoms with E-state index >= 15 is 0 Å². The van der Waals surface area contributed by atoms with E-state index in [-0.39, 0.29) is 0 Å². The lowest BCUT2D eigenvalue weighted by Crippen LogP contribution is -2.13. The standard InChI is InChI=1S/C64H48N2O2/c1-41-35-49(65(57-27-15-11-23-51(57)45-19-7-5-8-20-45)47-31-33-61-55(39-47)53-25-13-17-29-59(53)67-61)36-42(2)63(41)64-43(3)37-50(38-44(64)4)66(58-28-16-12-24-52(58)46-21-9-6-10-22-46)48-32-34-62-56(40-48)54-26-14-18-30-60(54)68-62/h5-40H,1-4H3. The van der Waals surface area contributed by atoms with Gasteiger partial charge in [0.15, 0.2) is 0 Å². The number of rotatable bonds is 9. The van der Waals surface area contributed by atoms with E-state index in [1.165, 1.54) is 33.4 Å². The second-order valence-corrected chi connectivity index (χ2v) is 17.9. The molecule has 0 aliphatic rings. The van der Waals surface area contributed by atoms with E-state index in [9.17, 15) is 0 Å². The molecule has 10 aromatic carbocycles. The van der Waals surface area contributed by atoms with Crippen LogP contribution in [0.4, 0.5) is 34.1 Å². The monoisotopic (exact) mass is 876 g/mol. The first-order valence-electron chi connectivity index (χ1n) is 23.3. The summed E-state index contributed by atoms with van der Waals surface area (Å²) in [5.41, 5.74) is 22.0. The lowest BCUT2D eigenvalue weighted by atomic mass is 9.88. The van der Waals surface area contributed by atoms with Crippen molar-refractivity contribution < 1.29 is 8.83 Å². The number of furan rings is 2. The molecule has 0 spiro atoms. The number of nitrogens with zero attached hydrogens (tertiary/aromatic N) is 2. The minimum absolute atomic E-state index is 0.876. The normalized spacial score (nSPS) is 11.5. The van der Waals surface area contributed by atoms with Crippen molar-refractivity contribution in [3.05, 3.63) is 241 Å². The summed E-state index contributed by atoms with van der Waals surface area (Å²) in [5, 5.41) is 4.40. The summed E-state index contributed by atoms with van der Waals surface area (Å²) in [6.45, 7) is 9.05. The molecule has 0 saturated heterocycles. The minimum Gasteiger partial charge on any atom is -0.456 e. The van der Waals surface area contributed by atoms with Crippen molar-refractivity contribution in [2.75, 3.05) is 9.80 Å². The van der Waals surface area contributed by atoms with Crippen LogP contribution in [0.5, 0.6) is 0 Å². The van der Waals surface area contributed by atoms with Crippen LogP contribution in [0.1, 0.15) is 22.3 Å². The van der Waals surface area contributed by atoms with Crippen LogP contribution in [0.2, 0.25) is 0 Å².